The maximum Gasteiger partial charge on any atom is 0.224 e. The summed E-state index contributed by atoms with van der Waals surface area (Å²) in [5.74, 6) is 1.65. The van der Waals surface area contributed by atoms with Crippen LogP contribution in [0.3, 0.4) is 0 Å². The molecular formula is C25H32N6O. The van der Waals surface area contributed by atoms with E-state index in [2.05, 4.69) is 38.5 Å². The molecule has 0 unspecified atom stereocenters. The van der Waals surface area contributed by atoms with Crippen molar-refractivity contribution in [3.8, 4) is 5.82 Å². The Morgan fingerprint density at radius 1 is 1.03 bits per heavy atom. The van der Waals surface area contributed by atoms with Crippen molar-refractivity contribution in [2.45, 2.75) is 59.3 Å². The third-order valence-corrected chi connectivity index (χ3v) is 6.20. The van der Waals surface area contributed by atoms with E-state index in [4.69, 9.17) is 0 Å². The SMILES string of the molecule is CCc1cccc(NC(=O)CCc2c(C)nn(-c3ccc(N4CCCCC4)nn3)c2C)c1. The summed E-state index contributed by atoms with van der Waals surface area (Å²) < 4.78 is 1.83. The lowest BCUT2D eigenvalue weighted by Gasteiger charge is -2.27. The molecule has 1 aromatic carbocycles. The van der Waals surface area contributed by atoms with Crippen LogP contribution in [0, 0.1) is 13.8 Å². The molecule has 0 aliphatic carbocycles. The minimum atomic E-state index is 0.00970. The average Bonchev–Trinajstić information content (AvgIpc) is 3.11. The zero-order valence-electron chi connectivity index (χ0n) is 19.3. The van der Waals surface area contributed by atoms with Crippen molar-refractivity contribution < 1.29 is 4.79 Å². The van der Waals surface area contributed by atoms with Gasteiger partial charge in [0.15, 0.2) is 11.6 Å². The first kappa shape index (κ1) is 22.0. The van der Waals surface area contributed by atoms with E-state index in [1.807, 2.05) is 48.9 Å². The van der Waals surface area contributed by atoms with E-state index >= 15 is 0 Å². The second kappa shape index (κ2) is 9.94. The van der Waals surface area contributed by atoms with Crippen LogP contribution in [0.5, 0.6) is 0 Å². The summed E-state index contributed by atoms with van der Waals surface area (Å²) in [5, 5.41) is 16.6. The number of nitrogens with one attached hydrogen (secondary N) is 1. The fourth-order valence-corrected chi connectivity index (χ4v) is 4.31. The molecule has 1 aliphatic rings. The predicted octanol–water partition coefficient (Wildman–Crippen LogP) is 4.40. The summed E-state index contributed by atoms with van der Waals surface area (Å²) in [5.41, 5.74) is 5.07. The summed E-state index contributed by atoms with van der Waals surface area (Å²) in [7, 11) is 0. The lowest BCUT2D eigenvalue weighted by atomic mass is 10.1. The Balaban J connectivity index is 1.41. The van der Waals surface area contributed by atoms with Crippen LogP contribution in [0.4, 0.5) is 11.5 Å². The van der Waals surface area contributed by atoms with Gasteiger partial charge in [0, 0.05) is 30.9 Å². The van der Waals surface area contributed by atoms with E-state index in [1.54, 1.807) is 0 Å². The van der Waals surface area contributed by atoms with Crippen LogP contribution < -0.4 is 10.2 Å². The maximum absolute atomic E-state index is 12.5. The first-order chi connectivity index (χ1) is 15.5. The van der Waals surface area contributed by atoms with E-state index in [0.29, 0.717) is 18.7 Å². The molecule has 168 valence electrons. The number of aryl methyl sites for hydroxylation is 2. The van der Waals surface area contributed by atoms with Crippen LogP contribution in [0.25, 0.3) is 5.82 Å². The fourth-order valence-electron chi connectivity index (χ4n) is 4.31. The Kier molecular flexibility index (Phi) is 6.83. The van der Waals surface area contributed by atoms with Crippen molar-refractivity contribution >= 4 is 17.4 Å². The van der Waals surface area contributed by atoms with Gasteiger partial charge in [0.1, 0.15) is 0 Å². The van der Waals surface area contributed by atoms with Gasteiger partial charge >= 0.3 is 0 Å². The molecule has 3 heterocycles. The molecule has 2 aromatic heterocycles. The minimum absolute atomic E-state index is 0.00970. The number of rotatable bonds is 7. The zero-order valence-corrected chi connectivity index (χ0v) is 19.3. The normalized spacial score (nSPS) is 13.9. The van der Waals surface area contributed by atoms with Crippen LogP contribution in [0.1, 0.15) is 55.1 Å². The fraction of sp³-hybridized carbons (Fsp3) is 0.440. The number of carbonyl (C=O) groups excluding carboxylic acids is 1. The van der Waals surface area contributed by atoms with Crippen LogP contribution in [0.15, 0.2) is 36.4 Å². The van der Waals surface area contributed by atoms with Crippen molar-refractivity contribution in [1.29, 1.82) is 0 Å². The van der Waals surface area contributed by atoms with E-state index in [1.165, 1.54) is 24.8 Å². The second-order valence-corrected chi connectivity index (χ2v) is 8.46. The number of piperidine rings is 1. The summed E-state index contributed by atoms with van der Waals surface area (Å²) in [6.07, 6.45) is 5.70. The molecular weight excluding hydrogens is 400 g/mol. The van der Waals surface area contributed by atoms with Crippen LogP contribution in [-0.4, -0.2) is 39.0 Å². The van der Waals surface area contributed by atoms with Crippen molar-refractivity contribution in [3.63, 3.8) is 0 Å². The molecule has 0 saturated carbocycles. The van der Waals surface area contributed by atoms with Crippen molar-refractivity contribution in [3.05, 3.63) is 58.9 Å². The van der Waals surface area contributed by atoms with Gasteiger partial charge in [-0.25, -0.2) is 4.68 Å². The van der Waals surface area contributed by atoms with Gasteiger partial charge in [-0.05, 0) is 81.3 Å². The highest BCUT2D eigenvalue weighted by atomic mass is 16.1. The Bertz CT molecular complexity index is 1070. The summed E-state index contributed by atoms with van der Waals surface area (Å²) in [6, 6.07) is 12.0. The Morgan fingerprint density at radius 2 is 1.78 bits per heavy atom. The summed E-state index contributed by atoms with van der Waals surface area (Å²) >= 11 is 0. The smallest absolute Gasteiger partial charge is 0.224 e. The van der Waals surface area contributed by atoms with Crippen LogP contribution in [0.2, 0.25) is 0 Å². The molecule has 1 amide bonds. The van der Waals surface area contributed by atoms with Gasteiger partial charge in [-0.2, -0.15) is 5.10 Å². The molecule has 0 spiro atoms. The molecule has 3 aromatic rings. The molecule has 1 N–H and O–H groups in total. The number of anilines is 2. The predicted molar refractivity (Wildman–Crippen MR) is 127 cm³/mol. The summed E-state index contributed by atoms with van der Waals surface area (Å²) in [6.45, 7) is 8.21. The molecule has 7 nitrogen and oxygen atoms in total. The average molecular weight is 433 g/mol. The third-order valence-electron chi connectivity index (χ3n) is 6.20. The Labute approximate surface area is 189 Å². The quantitative estimate of drug-likeness (QED) is 0.599. The number of nitrogens with zero attached hydrogens (tertiary/aromatic N) is 5. The first-order valence-corrected chi connectivity index (χ1v) is 11.6. The molecule has 1 saturated heterocycles. The van der Waals surface area contributed by atoms with E-state index in [0.717, 1.165) is 48.0 Å². The van der Waals surface area contributed by atoms with Crippen molar-refractivity contribution in [2.75, 3.05) is 23.3 Å². The Hall–Kier alpha value is -3.22. The van der Waals surface area contributed by atoms with Gasteiger partial charge in [-0.3, -0.25) is 4.79 Å². The molecule has 1 fully saturated rings. The number of amides is 1. The third kappa shape index (κ3) is 4.98. The number of hydrogen-bond acceptors (Lipinski definition) is 5. The lowest BCUT2D eigenvalue weighted by Crippen LogP contribution is -2.30. The Morgan fingerprint density at radius 3 is 2.50 bits per heavy atom. The highest BCUT2D eigenvalue weighted by Crippen LogP contribution is 2.21. The van der Waals surface area contributed by atoms with E-state index in [-0.39, 0.29) is 5.91 Å². The van der Waals surface area contributed by atoms with Gasteiger partial charge in [0.2, 0.25) is 5.91 Å². The molecule has 0 atom stereocenters. The zero-order chi connectivity index (χ0) is 22.5. The standard InChI is InChI=1S/C25H32N6O/c1-4-20-9-8-10-21(17-20)26-25(32)14-11-22-18(2)29-31(19(22)3)24-13-12-23(27-28-24)30-15-6-5-7-16-30/h8-10,12-13,17H,4-7,11,14-16H2,1-3H3,(H,26,32). The van der Waals surface area contributed by atoms with Crippen LogP contribution >= 0.6 is 0 Å². The van der Waals surface area contributed by atoms with Crippen LogP contribution in [-0.2, 0) is 17.6 Å². The highest BCUT2D eigenvalue weighted by Gasteiger charge is 2.17. The summed E-state index contributed by atoms with van der Waals surface area (Å²) in [4.78, 5) is 14.8. The molecule has 4 rings (SSSR count). The van der Waals surface area contributed by atoms with Gasteiger partial charge in [-0.1, -0.05) is 19.1 Å². The van der Waals surface area contributed by atoms with Gasteiger partial charge < -0.3 is 10.2 Å². The molecule has 0 radical (unpaired) electrons. The number of aromatic nitrogens is 4. The molecule has 0 bridgehead atoms. The van der Waals surface area contributed by atoms with Gasteiger partial charge in [0.25, 0.3) is 0 Å². The topological polar surface area (TPSA) is 75.9 Å². The van der Waals surface area contributed by atoms with Gasteiger partial charge in [0.05, 0.1) is 5.69 Å². The maximum atomic E-state index is 12.5. The largest absolute Gasteiger partial charge is 0.355 e. The van der Waals surface area contributed by atoms with E-state index < -0.39 is 0 Å². The van der Waals surface area contributed by atoms with E-state index in [9.17, 15) is 4.79 Å². The molecule has 1 aliphatic heterocycles. The first-order valence-electron chi connectivity index (χ1n) is 11.6. The van der Waals surface area contributed by atoms with Crippen molar-refractivity contribution in [1.82, 2.24) is 20.0 Å². The monoisotopic (exact) mass is 432 g/mol. The molecule has 7 heteroatoms. The van der Waals surface area contributed by atoms with Gasteiger partial charge in [-0.15, -0.1) is 10.2 Å². The number of hydrogen-bond donors (Lipinski definition) is 1. The number of carbonyl (C=O) groups is 1. The minimum Gasteiger partial charge on any atom is -0.355 e. The number of benzene rings is 1. The molecule has 32 heavy (non-hydrogen) atoms. The highest BCUT2D eigenvalue weighted by molar-refractivity contribution is 5.90. The lowest BCUT2D eigenvalue weighted by molar-refractivity contribution is -0.116. The van der Waals surface area contributed by atoms with Crippen molar-refractivity contribution in [2.24, 2.45) is 0 Å². The second-order valence-electron chi connectivity index (χ2n) is 8.46.